The van der Waals surface area contributed by atoms with Gasteiger partial charge in [-0.05, 0) is 60.4 Å². The number of aliphatic carboxylic acids is 1. The van der Waals surface area contributed by atoms with Crippen LogP contribution in [0.15, 0.2) is 71.2 Å². The van der Waals surface area contributed by atoms with Gasteiger partial charge in [-0.2, -0.15) is 13.2 Å². The first kappa shape index (κ1) is 26.1. The van der Waals surface area contributed by atoms with E-state index in [1.54, 1.807) is 6.07 Å². The molecule has 0 radical (unpaired) electrons. The fourth-order valence-corrected chi connectivity index (χ4v) is 3.75. The Kier molecular flexibility index (Phi) is 8.75. The van der Waals surface area contributed by atoms with Crippen molar-refractivity contribution in [3.8, 4) is 5.75 Å². The quantitative estimate of drug-likeness (QED) is 0.348. The van der Waals surface area contributed by atoms with Crippen LogP contribution < -0.4 is 15.4 Å². The Labute approximate surface area is 208 Å². The van der Waals surface area contributed by atoms with E-state index in [2.05, 4.69) is 32.6 Å². The summed E-state index contributed by atoms with van der Waals surface area (Å²) in [6.45, 7) is 1.36. The third kappa shape index (κ3) is 7.74. The van der Waals surface area contributed by atoms with E-state index in [4.69, 9.17) is 14.6 Å². The number of benzene rings is 3. The molecule has 3 N–H and O–H groups in total. The van der Waals surface area contributed by atoms with E-state index < -0.39 is 12.1 Å². The predicted molar refractivity (Wildman–Crippen MR) is 130 cm³/mol. The molecule has 1 heterocycles. The number of nitrogens with one attached hydrogen (secondary N) is 2. The van der Waals surface area contributed by atoms with Crippen LogP contribution in [0.5, 0.6) is 5.75 Å². The first-order chi connectivity index (χ1) is 16.6. The first-order valence-corrected chi connectivity index (χ1v) is 11.4. The molecule has 4 rings (SSSR count). The van der Waals surface area contributed by atoms with Crippen molar-refractivity contribution < 1.29 is 32.6 Å². The first-order valence-electron chi connectivity index (χ1n) is 10.6. The molecule has 3 aromatic carbocycles. The van der Waals surface area contributed by atoms with Gasteiger partial charge in [-0.25, -0.2) is 4.79 Å². The summed E-state index contributed by atoms with van der Waals surface area (Å²) >= 11 is 3.46. The average Bonchev–Trinajstić information content (AvgIpc) is 2.83. The maximum absolute atomic E-state index is 12.8. The van der Waals surface area contributed by atoms with Gasteiger partial charge in [-0.15, -0.1) is 0 Å². The molecule has 0 aliphatic carbocycles. The number of carboxylic acids is 1. The summed E-state index contributed by atoms with van der Waals surface area (Å²) in [7, 11) is 0. The SMILES string of the molecule is O=C(Nc1ccc2c(c1)NCCC2)c1ccccc1OCc1cccc(Br)c1.O=C(O)C(F)(F)F. The summed E-state index contributed by atoms with van der Waals surface area (Å²) in [6, 6.07) is 21.3. The number of carboxylic acid groups (broad SMARTS) is 1. The molecule has 184 valence electrons. The third-order valence-corrected chi connectivity index (χ3v) is 5.46. The molecular weight excluding hydrogens is 529 g/mol. The van der Waals surface area contributed by atoms with Crippen LogP contribution in [-0.4, -0.2) is 29.7 Å². The Morgan fingerprint density at radius 2 is 1.80 bits per heavy atom. The van der Waals surface area contributed by atoms with Gasteiger partial charge >= 0.3 is 12.1 Å². The van der Waals surface area contributed by atoms with E-state index in [1.165, 1.54) is 5.56 Å². The molecule has 1 amide bonds. The van der Waals surface area contributed by atoms with E-state index in [0.717, 1.165) is 40.8 Å². The van der Waals surface area contributed by atoms with Crippen LogP contribution in [0.25, 0.3) is 0 Å². The third-order valence-electron chi connectivity index (χ3n) is 4.96. The number of aryl methyl sites for hydroxylation is 1. The number of carbonyl (C=O) groups excluding carboxylic acids is 1. The zero-order chi connectivity index (χ0) is 25.4. The lowest BCUT2D eigenvalue weighted by Crippen LogP contribution is -2.21. The van der Waals surface area contributed by atoms with Gasteiger partial charge < -0.3 is 20.5 Å². The second-order valence-corrected chi connectivity index (χ2v) is 8.49. The van der Waals surface area contributed by atoms with Crippen LogP contribution in [0, 0.1) is 0 Å². The number of amides is 1. The highest BCUT2D eigenvalue weighted by molar-refractivity contribution is 9.10. The molecule has 0 bridgehead atoms. The van der Waals surface area contributed by atoms with Crippen molar-refractivity contribution in [2.75, 3.05) is 17.2 Å². The largest absolute Gasteiger partial charge is 0.490 e. The normalized spacial score (nSPS) is 12.3. The lowest BCUT2D eigenvalue weighted by molar-refractivity contribution is -0.192. The maximum atomic E-state index is 12.8. The van der Waals surface area contributed by atoms with Crippen molar-refractivity contribution in [3.05, 3.63) is 87.9 Å². The average molecular weight is 551 g/mol. The molecule has 0 aromatic heterocycles. The van der Waals surface area contributed by atoms with Gasteiger partial charge in [0.05, 0.1) is 5.56 Å². The Balaban J connectivity index is 0.000000429. The minimum atomic E-state index is -5.08. The summed E-state index contributed by atoms with van der Waals surface area (Å²) in [5.74, 6) is -2.37. The lowest BCUT2D eigenvalue weighted by atomic mass is 10.0. The number of rotatable bonds is 5. The zero-order valence-corrected chi connectivity index (χ0v) is 19.9. The molecule has 0 unspecified atom stereocenters. The lowest BCUT2D eigenvalue weighted by Gasteiger charge is -2.19. The van der Waals surface area contributed by atoms with Gasteiger partial charge in [0, 0.05) is 22.4 Å². The Morgan fingerprint density at radius 1 is 1.06 bits per heavy atom. The molecular formula is C25H22BrF3N2O4. The Hall–Kier alpha value is -3.53. The highest BCUT2D eigenvalue weighted by Crippen LogP contribution is 2.27. The van der Waals surface area contributed by atoms with E-state index in [-0.39, 0.29) is 5.91 Å². The molecule has 0 fully saturated rings. The highest BCUT2D eigenvalue weighted by Gasteiger charge is 2.38. The summed E-state index contributed by atoms with van der Waals surface area (Å²) in [6.07, 6.45) is -2.87. The molecule has 0 saturated carbocycles. The van der Waals surface area contributed by atoms with Gasteiger partial charge in [-0.1, -0.05) is 46.3 Å². The molecule has 0 spiro atoms. The van der Waals surface area contributed by atoms with Crippen LogP contribution in [0.2, 0.25) is 0 Å². The maximum Gasteiger partial charge on any atom is 0.490 e. The molecule has 0 atom stereocenters. The van der Waals surface area contributed by atoms with Crippen molar-refractivity contribution in [3.63, 3.8) is 0 Å². The van der Waals surface area contributed by atoms with Crippen molar-refractivity contribution >= 4 is 39.2 Å². The Bertz CT molecular complexity index is 1200. The number of anilines is 2. The van der Waals surface area contributed by atoms with Crippen LogP contribution in [0.1, 0.15) is 27.9 Å². The van der Waals surface area contributed by atoms with Gasteiger partial charge in [0.2, 0.25) is 0 Å². The summed E-state index contributed by atoms with van der Waals surface area (Å²) in [5, 5.41) is 13.5. The summed E-state index contributed by atoms with van der Waals surface area (Å²) in [4.78, 5) is 21.7. The number of para-hydroxylation sites is 1. The molecule has 1 aliphatic rings. The number of halogens is 4. The highest BCUT2D eigenvalue weighted by atomic mass is 79.9. The van der Waals surface area contributed by atoms with E-state index in [9.17, 15) is 18.0 Å². The zero-order valence-electron chi connectivity index (χ0n) is 18.4. The number of fused-ring (bicyclic) bond motifs is 1. The Morgan fingerprint density at radius 3 is 2.51 bits per heavy atom. The van der Waals surface area contributed by atoms with Gasteiger partial charge in [0.15, 0.2) is 0 Å². The minimum absolute atomic E-state index is 0.180. The molecule has 35 heavy (non-hydrogen) atoms. The second-order valence-electron chi connectivity index (χ2n) is 7.57. The smallest absolute Gasteiger partial charge is 0.488 e. The van der Waals surface area contributed by atoms with Crippen LogP contribution in [0.4, 0.5) is 24.5 Å². The van der Waals surface area contributed by atoms with Gasteiger partial charge in [0.1, 0.15) is 12.4 Å². The summed E-state index contributed by atoms with van der Waals surface area (Å²) < 4.78 is 38.7. The minimum Gasteiger partial charge on any atom is -0.488 e. The number of hydrogen-bond donors (Lipinski definition) is 3. The fourth-order valence-electron chi connectivity index (χ4n) is 3.31. The van der Waals surface area contributed by atoms with Crippen molar-refractivity contribution in [2.24, 2.45) is 0 Å². The monoisotopic (exact) mass is 550 g/mol. The molecule has 10 heteroatoms. The molecule has 1 aliphatic heterocycles. The van der Waals surface area contributed by atoms with E-state index in [1.807, 2.05) is 54.6 Å². The van der Waals surface area contributed by atoms with Crippen LogP contribution in [0.3, 0.4) is 0 Å². The van der Waals surface area contributed by atoms with Gasteiger partial charge in [0.25, 0.3) is 5.91 Å². The molecule has 6 nitrogen and oxygen atoms in total. The van der Waals surface area contributed by atoms with E-state index in [0.29, 0.717) is 17.9 Å². The number of ether oxygens (including phenoxy) is 1. The van der Waals surface area contributed by atoms with Crippen molar-refractivity contribution in [1.82, 2.24) is 0 Å². The fraction of sp³-hybridized carbons (Fsp3) is 0.200. The topological polar surface area (TPSA) is 87.7 Å². The molecule has 0 saturated heterocycles. The van der Waals surface area contributed by atoms with Crippen LogP contribution >= 0.6 is 15.9 Å². The van der Waals surface area contributed by atoms with E-state index >= 15 is 0 Å². The van der Waals surface area contributed by atoms with Crippen molar-refractivity contribution in [2.45, 2.75) is 25.6 Å². The number of hydrogen-bond acceptors (Lipinski definition) is 4. The number of alkyl halides is 3. The van der Waals surface area contributed by atoms with Crippen molar-refractivity contribution in [1.29, 1.82) is 0 Å². The van der Waals surface area contributed by atoms with Gasteiger partial charge in [-0.3, -0.25) is 4.79 Å². The number of carbonyl (C=O) groups is 2. The second kappa shape index (κ2) is 11.7. The van der Waals surface area contributed by atoms with Crippen LogP contribution in [-0.2, 0) is 17.8 Å². The standard InChI is InChI=1S/C23H21BrN2O2.C2HF3O2/c24-18-7-3-5-16(13-18)15-28-22-9-2-1-8-20(22)23(27)26-19-11-10-17-6-4-12-25-21(17)14-19;3-2(4,5)1(6)7/h1-3,5,7-11,13-14,25H,4,6,12,15H2,(H,26,27);(H,6,7). The predicted octanol–water partition coefficient (Wildman–Crippen LogP) is 6.27. The molecule has 3 aromatic rings. The summed E-state index contributed by atoms with van der Waals surface area (Å²) in [5.41, 5.74) is 4.72.